The van der Waals surface area contributed by atoms with Gasteiger partial charge in [0.15, 0.2) is 5.69 Å². The van der Waals surface area contributed by atoms with Gasteiger partial charge in [0.1, 0.15) is 11.2 Å². The normalized spacial score (nSPS) is 11.0. The van der Waals surface area contributed by atoms with Gasteiger partial charge in [0.2, 0.25) is 0 Å². The topological polar surface area (TPSA) is 30.4 Å². The Balaban J connectivity index is 1.67. The fraction of sp³-hybridized carbons (Fsp3) is 0.0400. The second-order valence-electron chi connectivity index (χ2n) is 6.83. The molecule has 0 atom stereocenters. The third kappa shape index (κ3) is 2.55. The smallest absolute Gasteiger partial charge is 0.187 e. The fourth-order valence-corrected chi connectivity index (χ4v) is 3.70. The molecule has 0 amide bonds. The summed E-state index contributed by atoms with van der Waals surface area (Å²) in [6.45, 7) is 9.30. The lowest BCUT2D eigenvalue weighted by molar-refractivity contribution is 0.670. The molecule has 0 radical (unpaired) electrons. The van der Waals surface area contributed by atoms with Crippen LogP contribution in [0.15, 0.2) is 83.4 Å². The molecular weight excluding hydrogens is 344 g/mol. The summed E-state index contributed by atoms with van der Waals surface area (Å²) in [5.41, 5.74) is 7.39. The molecule has 0 aliphatic carbocycles. The standard InChI is InChI=1S/C25H16N2O/c1-16-13-23(27-15-22(16)17-7-5-8-18(14-17)26-2)21-11-6-10-20-19-9-3-4-12-24(19)28-25(20)21/h3-15H,1H3. The van der Waals surface area contributed by atoms with Crippen molar-refractivity contribution in [3.05, 3.63) is 96.0 Å². The van der Waals surface area contributed by atoms with Crippen LogP contribution in [0.3, 0.4) is 0 Å². The van der Waals surface area contributed by atoms with Crippen LogP contribution in [0.1, 0.15) is 5.56 Å². The Kier molecular flexibility index (Phi) is 3.70. The van der Waals surface area contributed by atoms with Crippen LogP contribution in [0, 0.1) is 13.5 Å². The number of pyridine rings is 1. The van der Waals surface area contributed by atoms with Crippen LogP contribution in [0.25, 0.3) is 49.2 Å². The van der Waals surface area contributed by atoms with Gasteiger partial charge in [-0.15, -0.1) is 0 Å². The molecule has 3 heteroatoms. The lowest BCUT2D eigenvalue weighted by Crippen LogP contribution is -1.90. The van der Waals surface area contributed by atoms with E-state index in [-0.39, 0.29) is 0 Å². The molecule has 3 nitrogen and oxygen atoms in total. The van der Waals surface area contributed by atoms with Gasteiger partial charge >= 0.3 is 0 Å². The zero-order chi connectivity index (χ0) is 19.1. The maximum atomic E-state index is 7.22. The first kappa shape index (κ1) is 16.3. The zero-order valence-electron chi connectivity index (χ0n) is 15.3. The van der Waals surface area contributed by atoms with Crippen LogP contribution in [-0.4, -0.2) is 4.98 Å². The van der Waals surface area contributed by atoms with Crippen molar-refractivity contribution in [1.82, 2.24) is 4.98 Å². The quantitative estimate of drug-likeness (QED) is 0.312. The summed E-state index contributed by atoms with van der Waals surface area (Å²) in [7, 11) is 0. The number of rotatable bonds is 2. The van der Waals surface area contributed by atoms with E-state index in [1.54, 1.807) is 0 Å². The van der Waals surface area contributed by atoms with Gasteiger partial charge in [-0.25, -0.2) is 4.85 Å². The first-order chi connectivity index (χ1) is 13.7. The Labute approximate surface area is 162 Å². The van der Waals surface area contributed by atoms with Crippen molar-refractivity contribution in [1.29, 1.82) is 0 Å². The van der Waals surface area contributed by atoms with Gasteiger partial charge in [-0.3, -0.25) is 4.98 Å². The van der Waals surface area contributed by atoms with Gasteiger partial charge in [-0.05, 0) is 42.3 Å². The van der Waals surface area contributed by atoms with Gasteiger partial charge in [0.25, 0.3) is 0 Å². The largest absolute Gasteiger partial charge is 0.455 e. The molecule has 2 heterocycles. The Morgan fingerprint density at radius 3 is 2.54 bits per heavy atom. The predicted molar refractivity (Wildman–Crippen MR) is 113 cm³/mol. The van der Waals surface area contributed by atoms with Gasteiger partial charge < -0.3 is 4.42 Å². The van der Waals surface area contributed by atoms with E-state index in [4.69, 9.17) is 16.0 Å². The summed E-state index contributed by atoms with van der Waals surface area (Å²) < 4.78 is 6.15. The fourth-order valence-electron chi connectivity index (χ4n) is 3.70. The average molecular weight is 360 g/mol. The molecule has 0 unspecified atom stereocenters. The van der Waals surface area contributed by atoms with Crippen molar-refractivity contribution in [2.45, 2.75) is 6.92 Å². The second kappa shape index (κ2) is 6.37. The van der Waals surface area contributed by atoms with Crippen molar-refractivity contribution in [2.24, 2.45) is 0 Å². The predicted octanol–water partition coefficient (Wildman–Crippen LogP) is 7.17. The highest BCUT2D eigenvalue weighted by molar-refractivity contribution is 6.09. The molecular formula is C25H16N2O. The van der Waals surface area contributed by atoms with E-state index in [9.17, 15) is 0 Å². The maximum Gasteiger partial charge on any atom is 0.187 e. The molecule has 0 aliphatic heterocycles. The molecule has 0 N–H and O–H groups in total. The molecule has 132 valence electrons. The lowest BCUT2D eigenvalue weighted by atomic mass is 9.99. The van der Waals surface area contributed by atoms with E-state index in [0.717, 1.165) is 49.9 Å². The minimum atomic E-state index is 0.632. The number of nitrogens with zero attached hydrogens (tertiary/aromatic N) is 2. The SMILES string of the molecule is [C-]#[N+]c1cccc(-c2cnc(-c3cccc4c3oc3ccccc34)cc2C)c1. The van der Waals surface area contributed by atoms with Gasteiger partial charge in [0, 0.05) is 28.1 Å². The molecule has 3 aromatic carbocycles. The summed E-state index contributed by atoms with van der Waals surface area (Å²) in [6.07, 6.45) is 1.88. The minimum Gasteiger partial charge on any atom is -0.455 e. The highest BCUT2D eigenvalue weighted by Crippen LogP contribution is 2.36. The molecule has 0 bridgehead atoms. The van der Waals surface area contributed by atoms with Crippen LogP contribution in [0.2, 0.25) is 0 Å². The molecule has 5 aromatic rings. The summed E-state index contributed by atoms with van der Waals surface area (Å²) in [5.74, 6) is 0. The maximum absolute atomic E-state index is 7.22. The Morgan fingerprint density at radius 2 is 1.68 bits per heavy atom. The third-order valence-electron chi connectivity index (χ3n) is 5.08. The number of aryl methyl sites for hydroxylation is 1. The zero-order valence-corrected chi connectivity index (χ0v) is 15.3. The monoisotopic (exact) mass is 360 g/mol. The van der Waals surface area contributed by atoms with Gasteiger partial charge in [-0.1, -0.05) is 48.5 Å². The second-order valence-corrected chi connectivity index (χ2v) is 6.83. The molecule has 0 aliphatic rings. The van der Waals surface area contributed by atoms with E-state index < -0.39 is 0 Å². The van der Waals surface area contributed by atoms with Gasteiger partial charge in [-0.2, -0.15) is 0 Å². The van der Waals surface area contributed by atoms with E-state index >= 15 is 0 Å². The summed E-state index contributed by atoms with van der Waals surface area (Å²) in [6, 6.07) is 24.0. The third-order valence-corrected chi connectivity index (χ3v) is 5.08. The highest BCUT2D eigenvalue weighted by Gasteiger charge is 2.14. The van der Waals surface area contributed by atoms with E-state index in [1.807, 2.05) is 60.8 Å². The van der Waals surface area contributed by atoms with Crippen LogP contribution >= 0.6 is 0 Å². The van der Waals surface area contributed by atoms with Crippen molar-refractivity contribution < 1.29 is 4.42 Å². The number of hydrogen-bond donors (Lipinski definition) is 0. The van der Waals surface area contributed by atoms with Crippen molar-refractivity contribution in [3.8, 4) is 22.4 Å². The molecule has 0 spiro atoms. The molecule has 28 heavy (non-hydrogen) atoms. The molecule has 5 rings (SSSR count). The number of para-hydroxylation sites is 2. The highest BCUT2D eigenvalue weighted by atomic mass is 16.3. The van der Waals surface area contributed by atoms with Crippen molar-refractivity contribution in [2.75, 3.05) is 0 Å². The molecule has 0 fully saturated rings. The first-order valence-corrected chi connectivity index (χ1v) is 9.10. The lowest BCUT2D eigenvalue weighted by Gasteiger charge is -2.09. The van der Waals surface area contributed by atoms with E-state index in [2.05, 4.69) is 30.0 Å². The van der Waals surface area contributed by atoms with Crippen molar-refractivity contribution in [3.63, 3.8) is 0 Å². The Bertz CT molecular complexity index is 1390. The number of aromatic nitrogens is 1. The molecule has 0 saturated carbocycles. The average Bonchev–Trinajstić information content (AvgIpc) is 3.12. The molecule has 0 saturated heterocycles. The van der Waals surface area contributed by atoms with Crippen LogP contribution in [-0.2, 0) is 0 Å². The van der Waals surface area contributed by atoms with Crippen LogP contribution in [0.4, 0.5) is 5.69 Å². The Hall–Kier alpha value is -3.90. The molecule has 2 aromatic heterocycles. The van der Waals surface area contributed by atoms with Crippen molar-refractivity contribution >= 4 is 27.6 Å². The van der Waals surface area contributed by atoms with Gasteiger partial charge in [0.05, 0.1) is 12.3 Å². The first-order valence-electron chi connectivity index (χ1n) is 9.10. The number of hydrogen-bond acceptors (Lipinski definition) is 2. The number of furan rings is 1. The minimum absolute atomic E-state index is 0.632. The van der Waals surface area contributed by atoms with E-state index in [1.165, 1.54) is 0 Å². The van der Waals surface area contributed by atoms with Crippen LogP contribution in [0.5, 0.6) is 0 Å². The summed E-state index contributed by atoms with van der Waals surface area (Å²) in [5, 5.41) is 2.21. The summed E-state index contributed by atoms with van der Waals surface area (Å²) >= 11 is 0. The van der Waals surface area contributed by atoms with Crippen LogP contribution < -0.4 is 0 Å². The Morgan fingerprint density at radius 1 is 0.857 bits per heavy atom. The summed E-state index contributed by atoms with van der Waals surface area (Å²) in [4.78, 5) is 8.25. The number of benzene rings is 3. The van der Waals surface area contributed by atoms with E-state index in [0.29, 0.717) is 5.69 Å². The number of fused-ring (bicyclic) bond motifs is 3.